The average molecular weight is 264 g/mol. The monoisotopic (exact) mass is 264 g/mol. The predicted molar refractivity (Wildman–Crippen MR) is 64.2 cm³/mol. The number of hydrogen-bond acceptors (Lipinski definition) is 7. The number of carbonyl (C=O) groups excluding carboxylic acids is 1. The molecule has 2 aromatic heterocycles. The average Bonchev–Trinajstić information content (AvgIpc) is 2.85. The van der Waals surface area contributed by atoms with Gasteiger partial charge in [0.25, 0.3) is 5.91 Å². The Bertz CT molecular complexity index is 574. The van der Waals surface area contributed by atoms with Gasteiger partial charge >= 0.3 is 0 Å². The van der Waals surface area contributed by atoms with Gasteiger partial charge in [0.1, 0.15) is 5.82 Å². The highest BCUT2D eigenvalue weighted by molar-refractivity contribution is 6.00. The number of nitrogens with one attached hydrogen (secondary N) is 2. The molecule has 0 spiro atoms. The van der Waals surface area contributed by atoms with Crippen LogP contribution < -0.4 is 14.8 Å². The van der Waals surface area contributed by atoms with E-state index in [1.54, 1.807) is 6.92 Å². The van der Waals surface area contributed by atoms with Gasteiger partial charge in [0, 0.05) is 0 Å². The Morgan fingerprint density at radius 1 is 1.21 bits per heavy atom. The minimum atomic E-state index is -0.528. The van der Waals surface area contributed by atoms with Crippen LogP contribution in [0.4, 0.5) is 5.95 Å². The highest BCUT2D eigenvalue weighted by Gasteiger charge is 2.14. The first kappa shape index (κ1) is 12.7. The van der Waals surface area contributed by atoms with E-state index in [0.29, 0.717) is 5.82 Å². The van der Waals surface area contributed by atoms with Gasteiger partial charge in [0.2, 0.25) is 23.5 Å². The van der Waals surface area contributed by atoms with Crippen LogP contribution in [-0.2, 0) is 0 Å². The molecule has 2 aromatic rings. The second-order valence-electron chi connectivity index (χ2n) is 3.47. The highest BCUT2D eigenvalue weighted by atomic mass is 16.5. The van der Waals surface area contributed by atoms with Gasteiger partial charge in [-0.3, -0.25) is 15.2 Å². The van der Waals surface area contributed by atoms with Crippen molar-refractivity contribution in [3.05, 3.63) is 17.7 Å². The summed E-state index contributed by atoms with van der Waals surface area (Å²) < 4.78 is 9.94. The summed E-state index contributed by atoms with van der Waals surface area (Å²) >= 11 is 0. The Morgan fingerprint density at radius 2 is 1.84 bits per heavy atom. The van der Waals surface area contributed by atoms with Crippen LogP contribution in [-0.4, -0.2) is 45.3 Å². The van der Waals surface area contributed by atoms with Crippen molar-refractivity contribution < 1.29 is 14.3 Å². The molecule has 100 valence electrons. The minimum Gasteiger partial charge on any atom is -0.481 e. The van der Waals surface area contributed by atoms with Crippen molar-refractivity contribution in [1.29, 1.82) is 0 Å². The van der Waals surface area contributed by atoms with E-state index in [-0.39, 0.29) is 23.5 Å². The van der Waals surface area contributed by atoms with E-state index in [2.05, 4.69) is 30.5 Å². The molecule has 19 heavy (non-hydrogen) atoms. The van der Waals surface area contributed by atoms with Crippen molar-refractivity contribution in [2.24, 2.45) is 0 Å². The van der Waals surface area contributed by atoms with Crippen molar-refractivity contribution in [1.82, 2.24) is 25.1 Å². The van der Waals surface area contributed by atoms with Crippen molar-refractivity contribution in [3.8, 4) is 11.8 Å². The van der Waals surface area contributed by atoms with Crippen LogP contribution in [0.25, 0.3) is 0 Å². The van der Waals surface area contributed by atoms with Crippen molar-refractivity contribution >= 4 is 11.9 Å². The molecule has 2 rings (SSSR count). The Labute approximate surface area is 108 Å². The Balaban J connectivity index is 2.20. The van der Waals surface area contributed by atoms with Gasteiger partial charge in [-0.1, -0.05) is 0 Å². The molecule has 2 N–H and O–H groups in total. The van der Waals surface area contributed by atoms with Crippen molar-refractivity contribution in [2.45, 2.75) is 6.92 Å². The van der Waals surface area contributed by atoms with Crippen LogP contribution in [0.1, 0.15) is 16.4 Å². The lowest BCUT2D eigenvalue weighted by atomic mass is 10.5. The van der Waals surface area contributed by atoms with Gasteiger partial charge in [-0.2, -0.15) is 9.97 Å². The normalized spacial score (nSPS) is 10.1. The number of hydrogen-bond donors (Lipinski definition) is 2. The zero-order valence-corrected chi connectivity index (χ0v) is 10.6. The lowest BCUT2D eigenvalue weighted by Gasteiger charge is -2.06. The summed E-state index contributed by atoms with van der Waals surface area (Å²) in [7, 11) is 2.90. The van der Waals surface area contributed by atoms with Gasteiger partial charge in [0.15, 0.2) is 0 Å². The number of aromatic nitrogens is 5. The van der Waals surface area contributed by atoms with E-state index in [4.69, 9.17) is 9.47 Å². The smallest absolute Gasteiger partial charge is 0.297 e. The van der Waals surface area contributed by atoms with Gasteiger partial charge in [-0.25, -0.2) is 4.98 Å². The quantitative estimate of drug-likeness (QED) is 0.808. The molecule has 0 saturated carbocycles. The topological polar surface area (TPSA) is 115 Å². The summed E-state index contributed by atoms with van der Waals surface area (Å²) in [5.74, 6) is 0.599. The maximum Gasteiger partial charge on any atom is 0.297 e. The summed E-state index contributed by atoms with van der Waals surface area (Å²) in [5, 5.41) is 8.75. The number of nitrogens with zero attached hydrogens (tertiary/aromatic N) is 4. The van der Waals surface area contributed by atoms with Gasteiger partial charge in [0.05, 0.1) is 20.3 Å². The summed E-state index contributed by atoms with van der Waals surface area (Å²) in [6.45, 7) is 1.69. The third-order valence-electron chi connectivity index (χ3n) is 2.12. The summed E-state index contributed by atoms with van der Waals surface area (Å²) in [5.41, 5.74) is 0. The fourth-order valence-electron chi connectivity index (χ4n) is 1.27. The molecule has 0 unspecified atom stereocenters. The highest BCUT2D eigenvalue weighted by Crippen LogP contribution is 2.17. The van der Waals surface area contributed by atoms with Crippen LogP contribution in [0.5, 0.6) is 11.8 Å². The Morgan fingerprint density at radius 3 is 2.32 bits per heavy atom. The molecule has 0 aromatic carbocycles. The number of ether oxygens (including phenoxy) is 2. The van der Waals surface area contributed by atoms with Crippen molar-refractivity contribution in [3.63, 3.8) is 0 Å². The first-order chi connectivity index (χ1) is 9.12. The molecule has 0 aliphatic rings. The third-order valence-corrected chi connectivity index (χ3v) is 2.12. The number of amides is 1. The number of rotatable bonds is 4. The fourth-order valence-corrected chi connectivity index (χ4v) is 1.27. The van der Waals surface area contributed by atoms with Crippen molar-refractivity contribution in [2.75, 3.05) is 19.5 Å². The van der Waals surface area contributed by atoms with Gasteiger partial charge < -0.3 is 9.47 Å². The fraction of sp³-hybridized carbons (Fsp3) is 0.300. The standard InChI is InChI=1S/C10H12N6O3/c1-5-11-8(16-15-5)9(17)14-10-12-6(18-2)4-7(13-10)19-3/h4H,1-3H3,(H,11,15,16)(H,12,13,14,17). The van der Waals surface area contributed by atoms with Crippen LogP contribution in [0.15, 0.2) is 6.07 Å². The van der Waals surface area contributed by atoms with E-state index >= 15 is 0 Å². The lowest BCUT2D eigenvalue weighted by molar-refractivity contribution is 0.101. The number of anilines is 1. The van der Waals surface area contributed by atoms with E-state index in [1.165, 1.54) is 20.3 Å². The number of carbonyl (C=O) groups is 1. The number of methoxy groups -OCH3 is 2. The zero-order chi connectivity index (χ0) is 13.8. The molecule has 9 heteroatoms. The largest absolute Gasteiger partial charge is 0.481 e. The van der Waals surface area contributed by atoms with Gasteiger partial charge in [-0.15, -0.1) is 5.10 Å². The molecule has 0 aliphatic heterocycles. The molecular formula is C10H12N6O3. The van der Waals surface area contributed by atoms with Crippen LogP contribution >= 0.6 is 0 Å². The van der Waals surface area contributed by atoms with Gasteiger partial charge in [-0.05, 0) is 6.92 Å². The SMILES string of the molecule is COc1cc(OC)nc(NC(=O)c2n[nH]c(C)n2)n1. The molecule has 1 amide bonds. The number of aryl methyl sites for hydroxylation is 1. The Kier molecular flexibility index (Phi) is 3.55. The maximum atomic E-state index is 11.8. The van der Waals surface area contributed by atoms with Crippen LogP contribution in [0.3, 0.4) is 0 Å². The first-order valence-electron chi connectivity index (χ1n) is 5.30. The van der Waals surface area contributed by atoms with E-state index in [1.807, 2.05) is 0 Å². The number of aromatic amines is 1. The Hall–Kier alpha value is -2.71. The molecule has 0 aliphatic carbocycles. The maximum absolute atomic E-state index is 11.8. The predicted octanol–water partition coefficient (Wildman–Crippen LogP) is 0.173. The molecule has 0 radical (unpaired) electrons. The second kappa shape index (κ2) is 5.29. The first-order valence-corrected chi connectivity index (χ1v) is 5.30. The number of H-pyrrole nitrogens is 1. The molecular weight excluding hydrogens is 252 g/mol. The zero-order valence-electron chi connectivity index (χ0n) is 10.6. The second-order valence-corrected chi connectivity index (χ2v) is 3.47. The molecule has 9 nitrogen and oxygen atoms in total. The molecule has 0 bridgehead atoms. The molecule has 0 saturated heterocycles. The van der Waals surface area contributed by atoms with E-state index in [9.17, 15) is 4.79 Å². The minimum absolute atomic E-state index is 0.00267. The summed E-state index contributed by atoms with van der Waals surface area (Å²) in [6, 6.07) is 1.49. The molecule has 0 atom stereocenters. The summed E-state index contributed by atoms with van der Waals surface area (Å²) in [6.07, 6.45) is 0. The van der Waals surface area contributed by atoms with E-state index < -0.39 is 5.91 Å². The lowest BCUT2D eigenvalue weighted by Crippen LogP contribution is -2.16. The third kappa shape index (κ3) is 2.94. The van der Waals surface area contributed by atoms with Crippen LogP contribution in [0, 0.1) is 6.92 Å². The molecule has 2 heterocycles. The molecule has 0 fully saturated rings. The summed E-state index contributed by atoms with van der Waals surface area (Å²) in [4.78, 5) is 23.6. The van der Waals surface area contributed by atoms with Crippen LogP contribution in [0.2, 0.25) is 0 Å². The van der Waals surface area contributed by atoms with E-state index in [0.717, 1.165) is 0 Å².